The van der Waals surface area contributed by atoms with Gasteiger partial charge in [-0.1, -0.05) is 11.6 Å². The standard InChI is InChI=1S/C10H13ClN4.HI/c1-7-4-13-10(15-7)14-6-9-3-2-8(11)5-12-9;/h2-3,5,7H,4,6H2,1H3,(H2,13,14,15);1H. The highest BCUT2D eigenvalue weighted by atomic mass is 127. The molecule has 2 rings (SSSR count). The molecule has 0 bridgehead atoms. The van der Waals surface area contributed by atoms with Crippen LogP contribution in [0.3, 0.4) is 0 Å². The minimum atomic E-state index is 0. The van der Waals surface area contributed by atoms with E-state index in [0.717, 1.165) is 18.2 Å². The molecule has 0 saturated carbocycles. The third kappa shape index (κ3) is 3.79. The van der Waals surface area contributed by atoms with Crippen molar-refractivity contribution in [2.45, 2.75) is 19.5 Å². The number of rotatable bonds is 2. The summed E-state index contributed by atoms with van der Waals surface area (Å²) in [4.78, 5) is 8.47. The zero-order valence-electron chi connectivity index (χ0n) is 8.90. The summed E-state index contributed by atoms with van der Waals surface area (Å²) in [5.41, 5.74) is 0.948. The molecule has 0 aliphatic carbocycles. The molecule has 0 saturated heterocycles. The molecule has 1 aromatic heterocycles. The normalized spacial score (nSPS) is 18.4. The molecule has 16 heavy (non-hydrogen) atoms. The molecule has 1 unspecified atom stereocenters. The van der Waals surface area contributed by atoms with Crippen LogP contribution in [-0.2, 0) is 6.54 Å². The fraction of sp³-hybridized carbons (Fsp3) is 0.400. The number of halogens is 2. The minimum Gasteiger partial charge on any atom is -0.352 e. The summed E-state index contributed by atoms with van der Waals surface area (Å²) in [6.07, 6.45) is 1.64. The first-order valence-electron chi connectivity index (χ1n) is 4.89. The quantitative estimate of drug-likeness (QED) is 0.798. The molecule has 0 radical (unpaired) electrons. The van der Waals surface area contributed by atoms with Gasteiger partial charge >= 0.3 is 0 Å². The Bertz CT molecular complexity index is 366. The largest absolute Gasteiger partial charge is 0.352 e. The molecule has 2 heterocycles. The number of aliphatic imine (C=N–C) groups is 1. The van der Waals surface area contributed by atoms with Gasteiger partial charge in [0.05, 0.1) is 23.8 Å². The van der Waals surface area contributed by atoms with Crippen LogP contribution in [0, 0.1) is 0 Å². The predicted octanol–water partition coefficient (Wildman–Crippen LogP) is 1.79. The number of nitrogens with one attached hydrogen (secondary N) is 2. The van der Waals surface area contributed by atoms with Gasteiger partial charge in [-0.25, -0.2) is 0 Å². The number of guanidine groups is 1. The van der Waals surface area contributed by atoms with E-state index in [1.54, 1.807) is 6.20 Å². The highest BCUT2D eigenvalue weighted by molar-refractivity contribution is 14.0. The first-order chi connectivity index (χ1) is 7.24. The lowest BCUT2D eigenvalue weighted by molar-refractivity contribution is 0.712. The van der Waals surface area contributed by atoms with E-state index in [1.807, 2.05) is 12.1 Å². The second-order valence-electron chi connectivity index (χ2n) is 3.56. The molecule has 1 aliphatic heterocycles. The Kier molecular flexibility index (Phi) is 5.27. The van der Waals surface area contributed by atoms with Gasteiger partial charge in [-0.3, -0.25) is 9.98 Å². The second-order valence-corrected chi connectivity index (χ2v) is 3.99. The highest BCUT2D eigenvalue weighted by Crippen LogP contribution is 2.05. The van der Waals surface area contributed by atoms with Crippen LogP contribution in [-0.4, -0.2) is 23.5 Å². The van der Waals surface area contributed by atoms with Crippen LogP contribution in [0.1, 0.15) is 12.6 Å². The minimum absolute atomic E-state index is 0. The number of nitrogens with zero attached hydrogens (tertiary/aromatic N) is 2. The van der Waals surface area contributed by atoms with Crippen molar-refractivity contribution in [1.29, 1.82) is 0 Å². The summed E-state index contributed by atoms with van der Waals surface area (Å²) < 4.78 is 0. The van der Waals surface area contributed by atoms with E-state index in [9.17, 15) is 0 Å². The lowest BCUT2D eigenvalue weighted by atomic mass is 10.3. The molecule has 1 aliphatic rings. The second kappa shape index (κ2) is 6.24. The smallest absolute Gasteiger partial charge is 0.191 e. The molecule has 2 N–H and O–H groups in total. The van der Waals surface area contributed by atoms with Crippen LogP contribution < -0.4 is 10.6 Å². The fourth-order valence-electron chi connectivity index (χ4n) is 1.35. The molecule has 0 amide bonds. The first kappa shape index (κ1) is 13.5. The third-order valence-electron chi connectivity index (χ3n) is 2.13. The maximum absolute atomic E-state index is 5.74. The van der Waals surface area contributed by atoms with Crippen LogP contribution in [0.4, 0.5) is 0 Å². The predicted molar refractivity (Wildman–Crippen MR) is 76.4 cm³/mol. The van der Waals surface area contributed by atoms with Crippen molar-refractivity contribution in [3.05, 3.63) is 29.0 Å². The van der Waals surface area contributed by atoms with E-state index in [1.165, 1.54) is 0 Å². The summed E-state index contributed by atoms with van der Waals surface area (Å²) in [5, 5.41) is 7.06. The summed E-state index contributed by atoms with van der Waals surface area (Å²) >= 11 is 5.74. The molecule has 6 heteroatoms. The van der Waals surface area contributed by atoms with E-state index >= 15 is 0 Å². The van der Waals surface area contributed by atoms with Crippen molar-refractivity contribution >= 4 is 41.5 Å². The third-order valence-corrected chi connectivity index (χ3v) is 2.36. The average molecular weight is 353 g/mol. The Morgan fingerprint density at radius 2 is 2.38 bits per heavy atom. The van der Waals surface area contributed by atoms with Gasteiger partial charge in [0.25, 0.3) is 0 Å². The highest BCUT2D eigenvalue weighted by Gasteiger charge is 2.11. The van der Waals surface area contributed by atoms with Gasteiger partial charge in [-0.05, 0) is 19.1 Å². The van der Waals surface area contributed by atoms with Crippen LogP contribution in [0.25, 0.3) is 0 Å². The van der Waals surface area contributed by atoms with E-state index < -0.39 is 0 Å². The van der Waals surface area contributed by atoms with Crippen molar-refractivity contribution in [2.75, 3.05) is 6.54 Å². The topological polar surface area (TPSA) is 49.3 Å². The molecular formula is C10H14ClIN4. The van der Waals surface area contributed by atoms with Crippen molar-refractivity contribution in [1.82, 2.24) is 15.6 Å². The molecule has 1 atom stereocenters. The number of aromatic nitrogens is 1. The van der Waals surface area contributed by atoms with Crippen molar-refractivity contribution in [3.63, 3.8) is 0 Å². The SMILES string of the molecule is CC1CN=C(NCc2ccc(Cl)cn2)N1.I. The van der Waals surface area contributed by atoms with Gasteiger partial charge in [0.2, 0.25) is 0 Å². The van der Waals surface area contributed by atoms with E-state index in [0.29, 0.717) is 17.6 Å². The summed E-state index contributed by atoms with van der Waals surface area (Å²) in [6, 6.07) is 4.15. The van der Waals surface area contributed by atoms with Crippen LogP contribution in [0.5, 0.6) is 0 Å². The molecule has 88 valence electrons. The summed E-state index contributed by atoms with van der Waals surface area (Å²) in [7, 11) is 0. The molecule has 0 spiro atoms. The first-order valence-corrected chi connectivity index (χ1v) is 5.27. The Balaban J connectivity index is 0.00000128. The van der Waals surface area contributed by atoms with E-state index in [2.05, 4.69) is 27.5 Å². The number of pyridine rings is 1. The Labute approximate surface area is 117 Å². The maximum Gasteiger partial charge on any atom is 0.191 e. The van der Waals surface area contributed by atoms with Gasteiger partial charge in [-0.2, -0.15) is 0 Å². The average Bonchev–Trinajstić information content (AvgIpc) is 2.64. The van der Waals surface area contributed by atoms with Gasteiger partial charge in [-0.15, -0.1) is 24.0 Å². The lowest BCUT2D eigenvalue weighted by Gasteiger charge is -2.08. The Hall–Kier alpha value is -0.560. The monoisotopic (exact) mass is 352 g/mol. The fourth-order valence-corrected chi connectivity index (χ4v) is 1.46. The molecular weight excluding hydrogens is 338 g/mol. The lowest BCUT2D eigenvalue weighted by Crippen LogP contribution is -2.37. The number of hydrogen-bond donors (Lipinski definition) is 2. The van der Waals surface area contributed by atoms with Gasteiger partial charge in [0.1, 0.15) is 0 Å². The Morgan fingerprint density at radius 1 is 1.56 bits per heavy atom. The molecule has 0 fully saturated rings. The van der Waals surface area contributed by atoms with Crippen molar-refractivity contribution in [3.8, 4) is 0 Å². The number of hydrogen-bond acceptors (Lipinski definition) is 4. The van der Waals surface area contributed by atoms with Gasteiger partial charge in [0, 0.05) is 12.2 Å². The van der Waals surface area contributed by atoms with E-state index in [-0.39, 0.29) is 24.0 Å². The molecule has 0 aromatic carbocycles. The molecule has 1 aromatic rings. The zero-order valence-corrected chi connectivity index (χ0v) is 12.0. The van der Waals surface area contributed by atoms with Gasteiger partial charge in [0.15, 0.2) is 5.96 Å². The van der Waals surface area contributed by atoms with E-state index in [4.69, 9.17) is 11.6 Å². The van der Waals surface area contributed by atoms with Crippen LogP contribution in [0.15, 0.2) is 23.3 Å². The van der Waals surface area contributed by atoms with Crippen molar-refractivity contribution in [2.24, 2.45) is 4.99 Å². The van der Waals surface area contributed by atoms with Crippen LogP contribution >= 0.6 is 35.6 Å². The maximum atomic E-state index is 5.74. The summed E-state index contributed by atoms with van der Waals surface area (Å²) in [6.45, 7) is 3.59. The van der Waals surface area contributed by atoms with Crippen molar-refractivity contribution < 1.29 is 0 Å². The Morgan fingerprint density at radius 3 is 2.94 bits per heavy atom. The van der Waals surface area contributed by atoms with Crippen LogP contribution in [0.2, 0.25) is 5.02 Å². The van der Waals surface area contributed by atoms with Gasteiger partial charge < -0.3 is 10.6 Å². The summed E-state index contributed by atoms with van der Waals surface area (Å²) in [5.74, 6) is 0.847. The molecule has 4 nitrogen and oxygen atoms in total. The zero-order chi connectivity index (χ0) is 10.7.